The van der Waals surface area contributed by atoms with E-state index in [1.165, 1.54) is 0 Å². The van der Waals surface area contributed by atoms with Crippen molar-refractivity contribution in [2.75, 3.05) is 39.0 Å². The Morgan fingerprint density at radius 3 is 2.57 bits per heavy atom. The Bertz CT molecular complexity index is 2010. The molecule has 237 valence electrons. The van der Waals surface area contributed by atoms with Crippen LogP contribution in [0.15, 0.2) is 103 Å². The summed E-state index contributed by atoms with van der Waals surface area (Å²) in [6.07, 6.45) is 4.09. The summed E-state index contributed by atoms with van der Waals surface area (Å²) in [4.78, 5) is 45.5. The molecule has 47 heavy (non-hydrogen) atoms. The molecule has 0 saturated carbocycles. The molecule has 0 unspecified atom stereocenters. The second-order valence-corrected chi connectivity index (χ2v) is 14.5. The van der Waals surface area contributed by atoms with E-state index in [2.05, 4.69) is 19.6 Å². The third-order valence-corrected chi connectivity index (χ3v) is 10.3. The predicted octanol–water partition coefficient (Wildman–Crippen LogP) is 4.38. The van der Waals surface area contributed by atoms with Gasteiger partial charge in [-0.1, -0.05) is 30.3 Å². The number of benzene rings is 3. The number of hydrogen-bond donors (Lipinski definition) is 1. The minimum atomic E-state index is -0.579. The molecule has 3 heterocycles. The van der Waals surface area contributed by atoms with Gasteiger partial charge in [0.25, 0.3) is 0 Å². The third-order valence-electron chi connectivity index (χ3n) is 7.58. The molecule has 9 nitrogen and oxygen atoms in total. The van der Waals surface area contributed by atoms with Gasteiger partial charge in [0.05, 0.1) is 0 Å². The summed E-state index contributed by atoms with van der Waals surface area (Å²) in [6.45, 7) is 4.16. The average Bonchev–Trinajstić information content (AvgIpc) is 3.68. The van der Waals surface area contributed by atoms with E-state index in [-0.39, 0.29) is 11.8 Å². The zero-order valence-electron chi connectivity index (χ0n) is 26.5. The summed E-state index contributed by atoms with van der Waals surface area (Å²) in [5.41, 5.74) is 5.63. The van der Waals surface area contributed by atoms with E-state index in [9.17, 15) is 9.59 Å². The number of rotatable bonds is 12. The minimum absolute atomic E-state index is 0.0364. The number of carbonyl (C=O) groups is 2. The fourth-order valence-electron chi connectivity index (χ4n) is 5.23. The van der Waals surface area contributed by atoms with Gasteiger partial charge in [0.2, 0.25) is 0 Å². The van der Waals surface area contributed by atoms with Crippen LogP contribution in [0.5, 0.6) is 0 Å². The molecule has 0 spiro atoms. The van der Waals surface area contributed by atoms with Gasteiger partial charge in [0.15, 0.2) is 0 Å². The molecule has 0 atom stereocenters. The summed E-state index contributed by atoms with van der Waals surface area (Å²) in [7, 11) is 4.02. The van der Waals surface area contributed by atoms with Gasteiger partial charge in [-0.25, -0.2) is 0 Å². The molecule has 0 fully saturated rings. The Kier molecular flexibility index (Phi) is 10.2. The van der Waals surface area contributed by atoms with Crippen LogP contribution in [0, 0.1) is 0 Å². The van der Waals surface area contributed by atoms with Gasteiger partial charge in [0.1, 0.15) is 0 Å². The average molecular weight is 705 g/mol. The topological polar surface area (TPSA) is 95.7 Å². The van der Waals surface area contributed by atoms with Gasteiger partial charge in [-0.2, -0.15) is 0 Å². The summed E-state index contributed by atoms with van der Waals surface area (Å²) in [6, 6.07) is 27.2. The molecule has 0 saturated heterocycles. The summed E-state index contributed by atoms with van der Waals surface area (Å²) < 4.78 is 3.85. The summed E-state index contributed by atoms with van der Waals surface area (Å²) in [5, 5.41) is 5.04. The van der Waals surface area contributed by atoms with Gasteiger partial charge in [0, 0.05) is 0 Å². The van der Waals surface area contributed by atoms with Crippen molar-refractivity contribution in [1.29, 1.82) is 0 Å². The van der Waals surface area contributed by atoms with Crippen molar-refractivity contribution < 1.29 is 9.59 Å². The van der Waals surface area contributed by atoms with E-state index in [0.29, 0.717) is 30.8 Å². The van der Waals surface area contributed by atoms with Crippen LogP contribution < -0.4 is 14.3 Å². The standard InChI is InChI=1S/C36H35AsN7O2S/c1-4-43(19-18-42(2)3)34(46)27-13-8-14-28(23-27)37-35-38-17-16-30(40-35)33-32(41-36-44(33)20-21-47-36)26-12-9-15-29(24-26)39-31(45)22-25-10-6-5-7-11-25/h5-17,20-21,23-24H,4,18-19,22H2,1-3H3,(H,39,45). The Morgan fingerprint density at radius 2 is 1.77 bits per heavy atom. The number of likely N-dealkylation sites (N-methyl/N-ethyl adjacent to an activating group) is 2. The number of nitrogens with zero attached hydrogens (tertiary/aromatic N) is 6. The molecule has 3 aromatic carbocycles. The molecule has 1 radical (unpaired) electrons. The number of imidazole rings is 1. The Morgan fingerprint density at radius 1 is 0.936 bits per heavy atom. The molecule has 2 amide bonds. The van der Waals surface area contributed by atoms with Gasteiger partial charge >= 0.3 is 256 Å². The Hall–Kier alpha value is -4.63. The van der Waals surface area contributed by atoms with E-state index in [4.69, 9.17) is 9.97 Å². The number of carbonyl (C=O) groups excluding carboxylic acids is 2. The van der Waals surface area contributed by atoms with Gasteiger partial charge in [-0.15, -0.1) is 0 Å². The van der Waals surface area contributed by atoms with Gasteiger partial charge < -0.3 is 0 Å². The first-order valence-electron chi connectivity index (χ1n) is 15.4. The van der Waals surface area contributed by atoms with Crippen LogP contribution in [0.2, 0.25) is 0 Å². The monoisotopic (exact) mass is 704 g/mol. The number of amides is 2. The van der Waals surface area contributed by atoms with Crippen LogP contribution in [0.4, 0.5) is 5.69 Å². The second-order valence-electron chi connectivity index (χ2n) is 11.2. The van der Waals surface area contributed by atoms with Crippen molar-refractivity contribution in [3.63, 3.8) is 0 Å². The fraction of sp³-hybridized carbons (Fsp3) is 0.194. The first-order valence-corrected chi connectivity index (χ1v) is 18.1. The molecule has 11 heteroatoms. The number of hydrogen-bond acceptors (Lipinski definition) is 7. The number of aromatic nitrogens is 4. The molecule has 3 aromatic heterocycles. The molecule has 1 N–H and O–H groups in total. The zero-order valence-corrected chi connectivity index (χ0v) is 29.2. The number of nitrogens with one attached hydrogen (secondary N) is 1. The number of thiazole rings is 1. The molecule has 0 bridgehead atoms. The van der Waals surface area contributed by atoms with Gasteiger partial charge in [-0.3, -0.25) is 0 Å². The molecule has 6 aromatic rings. The van der Waals surface area contributed by atoms with E-state index in [1.807, 2.05) is 122 Å². The molecular weight excluding hydrogens is 669 g/mol. The fourth-order valence-corrected chi connectivity index (χ4v) is 7.78. The maximum atomic E-state index is 13.3. The molecular formula is C36H35AsN7O2S. The van der Waals surface area contributed by atoms with Crippen LogP contribution in [0.3, 0.4) is 0 Å². The molecule has 6 rings (SSSR count). The van der Waals surface area contributed by atoms with Crippen LogP contribution in [-0.4, -0.2) is 90.4 Å². The quantitative estimate of drug-likeness (QED) is 0.190. The zero-order chi connectivity index (χ0) is 32.8. The third kappa shape index (κ3) is 7.85. The van der Waals surface area contributed by atoms with E-state index < -0.39 is 15.8 Å². The number of anilines is 1. The van der Waals surface area contributed by atoms with E-state index in [1.54, 1.807) is 17.5 Å². The maximum absolute atomic E-state index is 13.3. The van der Waals surface area contributed by atoms with Crippen LogP contribution >= 0.6 is 11.3 Å². The Labute approximate surface area is 285 Å². The van der Waals surface area contributed by atoms with Crippen molar-refractivity contribution in [1.82, 2.24) is 29.2 Å². The normalized spacial score (nSPS) is 11.5. The van der Waals surface area contributed by atoms with Crippen molar-refractivity contribution in [2.45, 2.75) is 13.3 Å². The van der Waals surface area contributed by atoms with E-state index >= 15 is 0 Å². The van der Waals surface area contributed by atoms with Crippen LogP contribution in [0.1, 0.15) is 22.8 Å². The van der Waals surface area contributed by atoms with Crippen molar-refractivity contribution >= 4 is 58.5 Å². The summed E-state index contributed by atoms with van der Waals surface area (Å²) in [5.74, 6) is -0.0424. The van der Waals surface area contributed by atoms with E-state index in [0.717, 1.165) is 48.7 Å². The first kappa shape index (κ1) is 32.3. The molecule has 0 aliphatic carbocycles. The SMILES string of the molecule is CCN(CCN(C)C)C(=O)c1cccc([As]c2nccc(-c3c(-c4cccc(NC(=O)Cc5ccccc5)c4)nc4sccn34)n2)c1. The van der Waals surface area contributed by atoms with Gasteiger partial charge in [-0.05, 0) is 0 Å². The molecule has 0 aliphatic rings. The predicted molar refractivity (Wildman–Crippen MR) is 190 cm³/mol. The summed E-state index contributed by atoms with van der Waals surface area (Å²) >= 11 is 0.975. The first-order chi connectivity index (χ1) is 22.9. The van der Waals surface area contributed by atoms with Crippen LogP contribution in [-0.2, 0) is 11.2 Å². The van der Waals surface area contributed by atoms with Crippen molar-refractivity contribution in [2.24, 2.45) is 0 Å². The van der Waals surface area contributed by atoms with Crippen LogP contribution in [0.25, 0.3) is 27.6 Å². The second kappa shape index (κ2) is 14.9. The van der Waals surface area contributed by atoms with Crippen molar-refractivity contribution in [3.05, 3.63) is 114 Å². The molecule has 0 aliphatic heterocycles. The Balaban J connectivity index is 1.25. The number of fused-ring (bicyclic) bond motifs is 1. The van der Waals surface area contributed by atoms with Crippen molar-refractivity contribution in [3.8, 4) is 22.6 Å².